The third kappa shape index (κ3) is 16.1. The molecule has 39 heavy (non-hydrogen) atoms. The Hall–Kier alpha value is -1.83. The van der Waals surface area contributed by atoms with E-state index in [4.69, 9.17) is 0 Å². The number of aromatic nitrogens is 1. The van der Waals surface area contributed by atoms with Crippen molar-refractivity contribution in [3.05, 3.63) is 66.2 Å². The van der Waals surface area contributed by atoms with Crippen molar-refractivity contribution in [2.75, 3.05) is 13.1 Å². The molecule has 0 atom stereocenters. The van der Waals surface area contributed by atoms with Gasteiger partial charge in [0.15, 0.2) is 12.4 Å². The maximum atomic E-state index is 2.56. The number of nitrogens with zero attached hydrogens (tertiary/aromatic N) is 2. The Morgan fingerprint density at radius 3 is 1.87 bits per heavy atom. The van der Waals surface area contributed by atoms with Crippen LogP contribution in [-0.4, -0.2) is 18.0 Å². The van der Waals surface area contributed by atoms with Crippen LogP contribution in [0.25, 0.3) is 0 Å². The van der Waals surface area contributed by atoms with Crippen LogP contribution in [0.2, 0.25) is 0 Å². The van der Waals surface area contributed by atoms with Gasteiger partial charge < -0.3 is 4.90 Å². The van der Waals surface area contributed by atoms with E-state index in [-0.39, 0.29) is 0 Å². The Balaban J connectivity index is 1.34. The first-order valence-electron chi connectivity index (χ1n) is 17.1. The largest absolute Gasteiger partial charge is 0.373 e. The SMILES string of the molecule is C1=CCCCCCC[n+]2cccc(c2)CCCCCCCCCCCCCN2C=C(C=CC2)CCCCCC1. The fourth-order valence-corrected chi connectivity index (χ4v) is 6.16. The molecule has 4 bridgehead atoms. The number of allylic oxidation sites excluding steroid dienone is 4. The zero-order valence-electron chi connectivity index (χ0n) is 25.5. The molecule has 0 radical (unpaired) electrons. The summed E-state index contributed by atoms with van der Waals surface area (Å²) in [6.45, 7) is 3.53. The number of hydrogen-bond acceptors (Lipinski definition) is 1. The van der Waals surface area contributed by atoms with Crippen LogP contribution in [0.15, 0.2) is 60.6 Å². The molecule has 1 aromatic heterocycles. The molecule has 0 fully saturated rings. The van der Waals surface area contributed by atoms with E-state index in [9.17, 15) is 0 Å². The van der Waals surface area contributed by atoms with Crippen molar-refractivity contribution in [1.29, 1.82) is 0 Å². The number of aryl methyl sites for hydroxylation is 2. The van der Waals surface area contributed by atoms with Crippen molar-refractivity contribution in [1.82, 2.24) is 4.90 Å². The van der Waals surface area contributed by atoms with Crippen LogP contribution >= 0.6 is 0 Å². The second-order valence-electron chi connectivity index (χ2n) is 12.3. The highest BCUT2D eigenvalue weighted by molar-refractivity contribution is 5.22. The first kappa shape index (κ1) is 31.7. The molecule has 3 heterocycles. The summed E-state index contributed by atoms with van der Waals surface area (Å²) in [7, 11) is 0. The Morgan fingerprint density at radius 1 is 0.564 bits per heavy atom. The molecule has 0 saturated carbocycles. The molecule has 218 valence electrons. The Kier molecular flexibility index (Phi) is 17.8. The summed E-state index contributed by atoms with van der Waals surface area (Å²) in [4.78, 5) is 2.56. The molecule has 0 unspecified atom stereocenters. The third-order valence-electron chi connectivity index (χ3n) is 8.64. The zero-order valence-corrected chi connectivity index (χ0v) is 25.5. The lowest BCUT2D eigenvalue weighted by atomic mass is 10.0. The van der Waals surface area contributed by atoms with Gasteiger partial charge in [-0.15, -0.1) is 0 Å². The van der Waals surface area contributed by atoms with Crippen LogP contribution in [0.5, 0.6) is 0 Å². The van der Waals surface area contributed by atoms with Gasteiger partial charge >= 0.3 is 0 Å². The number of rotatable bonds is 0. The van der Waals surface area contributed by atoms with Crippen LogP contribution in [0.4, 0.5) is 0 Å². The monoisotopic (exact) mass is 533 g/mol. The van der Waals surface area contributed by atoms with Gasteiger partial charge in [-0.3, -0.25) is 0 Å². The zero-order chi connectivity index (χ0) is 27.1. The van der Waals surface area contributed by atoms with Crippen molar-refractivity contribution in [2.45, 2.75) is 154 Å². The minimum Gasteiger partial charge on any atom is -0.373 e. The lowest BCUT2D eigenvalue weighted by Gasteiger charge is -2.23. The fourth-order valence-electron chi connectivity index (χ4n) is 6.16. The summed E-state index contributed by atoms with van der Waals surface area (Å²) in [5, 5.41) is 0. The first-order chi connectivity index (χ1) is 19.4. The highest BCUT2D eigenvalue weighted by atomic mass is 15.1. The molecule has 1 aromatic rings. The van der Waals surface area contributed by atoms with Gasteiger partial charge in [0.05, 0.1) is 0 Å². The predicted octanol–water partition coefficient (Wildman–Crippen LogP) is 10.4. The molecule has 2 heteroatoms. The molecular weight excluding hydrogens is 472 g/mol. The van der Waals surface area contributed by atoms with Crippen LogP contribution < -0.4 is 4.57 Å². The van der Waals surface area contributed by atoms with Crippen molar-refractivity contribution in [3.8, 4) is 0 Å². The number of fused-ring (bicyclic) bond motifs is 3. The van der Waals surface area contributed by atoms with Crippen LogP contribution in [-0.2, 0) is 13.0 Å². The molecule has 0 aliphatic carbocycles. The summed E-state index contributed by atoms with van der Waals surface area (Å²) in [5.74, 6) is 0. The van der Waals surface area contributed by atoms with Crippen molar-refractivity contribution in [2.24, 2.45) is 0 Å². The quantitative estimate of drug-likeness (QED) is 0.238. The van der Waals surface area contributed by atoms with Crippen LogP contribution in [0, 0.1) is 0 Å². The lowest BCUT2D eigenvalue weighted by molar-refractivity contribution is -0.697. The second-order valence-corrected chi connectivity index (χ2v) is 12.3. The Labute approximate surface area is 242 Å². The highest BCUT2D eigenvalue weighted by Crippen LogP contribution is 2.18. The molecule has 0 spiro atoms. The molecular formula is C37H61N2+. The van der Waals surface area contributed by atoms with E-state index in [0.717, 1.165) is 6.54 Å². The molecule has 0 saturated heterocycles. The molecule has 3 rings (SSSR count). The molecule has 0 N–H and O–H groups in total. The van der Waals surface area contributed by atoms with E-state index >= 15 is 0 Å². The maximum Gasteiger partial charge on any atom is 0.171 e. The van der Waals surface area contributed by atoms with Gasteiger partial charge in [-0.25, -0.2) is 4.57 Å². The maximum absolute atomic E-state index is 2.56. The average Bonchev–Trinajstić information content (AvgIpc) is 2.95. The number of pyridine rings is 1. The van der Waals surface area contributed by atoms with Gasteiger partial charge in [-0.2, -0.15) is 0 Å². The second kappa shape index (κ2) is 21.9. The Bertz CT molecular complexity index is 820. The van der Waals surface area contributed by atoms with E-state index in [1.807, 2.05) is 0 Å². The standard InChI is InChI=1S/C37H61N2/c1-2-6-10-14-18-22-30-38-32-25-29-37(35-38)27-21-17-13-9-5-3-7-11-15-19-23-31-39-33-24-28-36(34-39)26-20-16-12-8-4-1/h1-2,24-25,28-29,32,34-35H,3-23,26-27,30-31,33H2/q+1. The molecule has 2 nitrogen and oxygen atoms in total. The van der Waals surface area contributed by atoms with Gasteiger partial charge in [0, 0.05) is 37.3 Å². The van der Waals surface area contributed by atoms with Gasteiger partial charge in [-0.1, -0.05) is 101 Å². The average molecular weight is 534 g/mol. The summed E-state index contributed by atoms with van der Waals surface area (Å²) < 4.78 is 2.43. The van der Waals surface area contributed by atoms with Gasteiger partial charge in [0.2, 0.25) is 0 Å². The van der Waals surface area contributed by atoms with E-state index in [1.165, 1.54) is 166 Å². The van der Waals surface area contributed by atoms with E-state index in [0.29, 0.717) is 0 Å². The van der Waals surface area contributed by atoms with Crippen LogP contribution in [0.1, 0.15) is 147 Å². The highest BCUT2D eigenvalue weighted by Gasteiger charge is 2.06. The molecule has 2 aliphatic rings. The molecule has 0 amide bonds. The summed E-state index contributed by atoms with van der Waals surface area (Å²) in [6, 6.07) is 4.58. The Morgan fingerprint density at radius 2 is 1.15 bits per heavy atom. The van der Waals surface area contributed by atoms with E-state index in [1.54, 1.807) is 5.57 Å². The topological polar surface area (TPSA) is 7.12 Å². The van der Waals surface area contributed by atoms with Crippen molar-refractivity contribution in [3.63, 3.8) is 0 Å². The third-order valence-corrected chi connectivity index (χ3v) is 8.64. The summed E-state index contributed by atoms with van der Waals surface area (Å²) in [5.41, 5.74) is 3.08. The lowest BCUT2D eigenvalue weighted by Crippen LogP contribution is -2.33. The van der Waals surface area contributed by atoms with Gasteiger partial charge in [0.1, 0.15) is 6.54 Å². The minimum atomic E-state index is 1.11. The van der Waals surface area contributed by atoms with E-state index < -0.39 is 0 Å². The predicted molar refractivity (Wildman–Crippen MR) is 170 cm³/mol. The smallest absolute Gasteiger partial charge is 0.171 e. The van der Waals surface area contributed by atoms with Crippen molar-refractivity contribution >= 4 is 0 Å². The van der Waals surface area contributed by atoms with Crippen LogP contribution in [0.3, 0.4) is 0 Å². The molecule has 2 aliphatic heterocycles. The first-order valence-corrected chi connectivity index (χ1v) is 17.1. The van der Waals surface area contributed by atoms with E-state index in [2.05, 4.69) is 64.5 Å². The summed E-state index contributed by atoms with van der Waals surface area (Å²) in [6.07, 6.45) is 48.2. The normalized spacial score (nSPS) is 21.6. The van der Waals surface area contributed by atoms with Crippen molar-refractivity contribution < 1.29 is 4.57 Å². The summed E-state index contributed by atoms with van der Waals surface area (Å²) >= 11 is 0. The fraction of sp³-hybridized carbons (Fsp3) is 0.703. The molecule has 0 aromatic carbocycles. The minimum absolute atomic E-state index is 1.11. The van der Waals surface area contributed by atoms with Gasteiger partial charge in [0.25, 0.3) is 0 Å². The van der Waals surface area contributed by atoms with Gasteiger partial charge in [-0.05, 0) is 75.8 Å². The number of hydrogen-bond donors (Lipinski definition) is 0.